The van der Waals surface area contributed by atoms with Crippen LogP contribution in [0.1, 0.15) is 18.5 Å². The molecule has 6 nitrogen and oxygen atoms in total. The van der Waals surface area contributed by atoms with E-state index < -0.39 is 0 Å². The summed E-state index contributed by atoms with van der Waals surface area (Å²) in [5, 5.41) is 3.30. The van der Waals surface area contributed by atoms with Crippen molar-refractivity contribution in [3.8, 4) is 22.4 Å². The summed E-state index contributed by atoms with van der Waals surface area (Å²) >= 11 is 0. The van der Waals surface area contributed by atoms with E-state index in [1.165, 1.54) is 16.7 Å². The Labute approximate surface area is 192 Å². The lowest BCUT2D eigenvalue weighted by atomic mass is 9.95. The van der Waals surface area contributed by atoms with E-state index in [1.54, 1.807) is 43.7 Å². The molecule has 4 rings (SSSR count). The Hall–Kier alpha value is -3.84. The third-order valence-electron chi connectivity index (χ3n) is 5.76. The fraction of sp³-hybridized carbons (Fsp3) is 0.192. The van der Waals surface area contributed by atoms with Gasteiger partial charge in [0.2, 0.25) is 5.95 Å². The summed E-state index contributed by atoms with van der Waals surface area (Å²) in [7, 11) is 1.67. The van der Waals surface area contributed by atoms with Crippen molar-refractivity contribution in [1.29, 1.82) is 0 Å². The molecule has 0 aliphatic rings. The molecule has 7 heteroatoms. The minimum absolute atomic E-state index is 0.0884. The van der Waals surface area contributed by atoms with Crippen molar-refractivity contribution in [2.45, 2.75) is 13.0 Å². The van der Waals surface area contributed by atoms with Gasteiger partial charge >= 0.3 is 0 Å². The second-order valence-electron chi connectivity index (χ2n) is 8.06. The van der Waals surface area contributed by atoms with Crippen molar-refractivity contribution in [2.24, 2.45) is 18.7 Å². The summed E-state index contributed by atoms with van der Waals surface area (Å²) in [6.45, 7) is 2.58. The van der Waals surface area contributed by atoms with E-state index in [2.05, 4.69) is 17.2 Å². The molecule has 2 heterocycles. The van der Waals surface area contributed by atoms with E-state index in [1.807, 2.05) is 30.3 Å². The monoisotopic (exact) mass is 443 g/mol. The zero-order valence-electron chi connectivity index (χ0n) is 18.6. The van der Waals surface area contributed by atoms with E-state index in [0.29, 0.717) is 29.3 Å². The lowest BCUT2D eigenvalue weighted by Gasteiger charge is -2.22. The number of halogens is 1. The van der Waals surface area contributed by atoms with Crippen LogP contribution in [0.4, 0.5) is 10.3 Å². The molecule has 33 heavy (non-hydrogen) atoms. The molecule has 0 saturated carbocycles. The lowest BCUT2D eigenvalue weighted by molar-refractivity contribution is 0.491. The highest BCUT2D eigenvalue weighted by Crippen LogP contribution is 2.29. The topological polar surface area (TPSA) is 85.8 Å². The maximum atomic E-state index is 13.5. The van der Waals surface area contributed by atoms with Crippen molar-refractivity contribution in [2.75, 3.05) is 11.9 Å². The second-order valence-corrected chi connectivity index (χ2v) is 8.06. The third kappa shape index (κ3) is 4.83. The Morgan fingerprint density at radius 3 is 2.33 bits per heavy atom. The Balaban J connectivity index is 1.70. The van der Waals surface area contributed by atoms with Gasteiger partial charge in [0.05, 0.1) is 11.3 Å². The van der Waals surface area contributed by atoms with Gasteiger partial charge in [0, 0.05) is 37.6 Å². The molecule has 0 aliphatic heterocycles. The number of nitrogens with zero attached hydrogens (tertiary/aromatic N) is 3. The number of aromatic nitrogens is 3. The molecule has 2 aromatic carbocycles. The zero-order valence-corrected chi connectivity index (χ0v) is 18.6. The Kier molecular flexibility index (Phi) is 6.60. The van der Waals surface area contributed by atoms with Gasteiger partial charge in [-0.25, -0.2) is 9.37 Å². The van der Waals surface area contributed by atoms with Gasteiger partial charge in [0.15, 0.2) is 0 Å². The van der Waals surface area contributed by atoms with Crippen LogP contribution in [-0.2, 0) is 7.05 Å². The van der Waals surface area contributed by atoms with Crippen LogP contribution in [0.3, 0.4) is 0 Å². The molecular formula is C26H26FN5O. The van der Waals surface area contributed by atoms with Crippen LogP contribution in [0.15, 0.2) is 83.9 Å². The van der Waals surface area contributed by atoms with E-state index in [4.69, 9.17) is 10.7 Å². The first-order valence-corrected chi connectivity index (χ1v) is 10.8. The molecule has 0 amide bonds. The van der Waals surface area contributed by atoms with Gasteiger partial charge in [0.1, 0.15) is 5.82 Å². The average molecular weight is 444 g/mol. The highest BCUT2D eigenvalue weighted by Gasteiger charge is 2.20. The number of hydrogen-bond acceptors (Lipinski definition) is 5. The highest BCUT2D eigenvalue weighted by atomic mass is 19.1. The SMILES string of the molecule is C[C@H](CNc1nc(-c2ccncc2)c(-c2ccc(F)cc2)c(=O)n1C)[C@@H](N)c1ccccc1. The van der Waals surface area contributed by atoms with Crippen LogP contribution in [0.2, 0.25) is 0 Å². The number of benzene rings is 2. The summed E-state index contributed by atoms with van der Waals surface area (Å²) in [4.78, 5) is 22.3. The molecular weight excluding hydrogens is 417 g/mol. The maximum Gasteiger partial charge on any atom is 0.263 e. The number of pyridine rings is 1. The van der Waals surface area contributed by atoms with Crippen molar-refractivity contribution < 1.29 is 4.39 Å². The van der Waals surface area contributed by atoms with Gasteiger partial charge in [-0.05, 0) is 41.3 Å². The fourth-order valence-corrected chi connectivity index (χ4v) is 3.74. The molecule has 4 aromatic rings. The summed E-state index contributed by atoms with van der Waals surface area (Å²) in [6.07, 6.45) is 3.30. The molecule has 2 aromatic heterocycles. The van der Waals surface area contributed by atoms with Crippen molar-refractivity contribution in [1.82, 2.24) is 14.5 Å². The first-order valence-electron chi connectivity index (χ1n) is 10.8. The summed E-state index contributed by atoms with van der Waals surface area (Å²) < 4.78 is 15.0. The van der Waals surface area contributed by atoms with Crippen LogP contribution in [0.5, 0.6) is 0 Å². The van der Waals surface area contributed by atoms with Gasteiger partial charge in [-0.2, -0.15) is 0 Å². The quantitative estimate of drug-likeness (QED) is 0.442. The van der Waals surface area contributed by atoms with E-state index in [9.17, 15) is 9.18 Å². The number of nitrogens with one attached hydrogen (secondary N) is 1. The van der Waals surface area contributed by atoms with Crippen molar-refractivity contribution in [3.63, 3.8) is 0 Å². The van der Waals surface area contributed by atoms with Gasteiger partial charge in [0.25, 0.3) is 5.56 Å². The number of hydrogen-bond donors (Lipinski definition) is 2. The third-order valence-corrected chi connectivity index (χ3v) is 5.76. The van der Waals surface area contributed by atoms with Gasteiger partial charge in [-0.1, -0.05) is 49.4 Å². The van der Waals surface area contributed by atoms with E-state index in [0.717, 1.165) is 11.1 Å². The average Bonchev–Trinajstić information content (AvgIpc) is 2.86. The standard InChI is InChI=1S/C26H26FN5O/c1-17(23(28)19-6-4-3-5-7-19)16-30-26-31-24(20-12-14-29-15-13-20)22(25(33)32(26)2)18-8-10-21(27)11-9-18/h3-15,17,23H,16,28H2,1-2H3,(H,30,31)/t17-,23-/m1/s1. The van der Waals surface area contributed by atoms with Crippen molar-refractivity contribution in [3.05, 3.63) is 101 Å². The van der Waals surface area contributed by atoms with Gasteiger partial charge in [-0.3, -0.25) is 14.3 Å². The largest absolute Gasteiger partial charge is 0.355 e. The molecule has 0 unspecified atom stereocenters. The van der Waals surface area contributed by atoms with Gasteiger partial charge < -0.3 is 11.1 Å². The molecule has 3 N–H and O–H groups in total. The predicted molar refractivity (Wildman–Crippen MR) is 129 cm³/mol. The highest BCUT2D eigenvalue weighted by molar-refractivity contribution is 5.80. The molecule has 0 spiro atoms. The lowest BCUT2D eigenvalue weighted by Crippen LogP contribution is -2.29. The summed E-state index contributed by atoms with van der Waals surface area (Å²) in [6, 6.07) is 19.2. The smallest absolute Gasteiger partial charge is 0.263 e. The summed E-state index contributed by atoms with van der Waals surface area (Å²) in [5.74, 6) is 0.159. The maximum absolute atomic E-state index is 13.5. The first kappa shape index (κ1) is 22.4. The Morgan fingerprint density at radius 1 is 1.00 bits per heavy atom. The first-order chi connectivity index (χ1) is 16.0. The number of rotatable bonds is 7. The van der Waals surface area contributed by atoms with E-state index in [-0.39, 0.29) is 23.3 Å². The molecule has 0 aliphatic carbocycles. The molecule has 0 radical (unpaired) electrons. The molecule has 0 saturated heterocycles. The minimum atomic E-state index is -0.365. The van der Waals surface area contributed by atoms with Crippen LogP contribution in [0, 0.1) is 11.7 Å². The Morgan fingerprint density at radius 2 is 1.67 bits per heavy atom. The van der Waals surface area contributed by atoms with Crippen LogP contribution in [-0.4, -0.2) is 21.1 Å². The summed E-state index contributed by atoms with van der Waals surface area (Å²) in [5.41, 5.74) is 9.52. The number of anilines is 1. The zero-order chi connectivity index (χ0) is 23.4. The molecule has 168 valence electrons. The predicted octanol–water partition coefficient (Wildman–Crippen LogP) is 4.40. The minimum Gasteiger partial charge on any atom is -0.355 e. The molecule has 2 atom stereocenters. The Bertz CT molecular complexity index is 1270. The number of nitrogens with two attached hydrogens (primary N) is 1. The van der Waals surface area contributed by atoms with Crippen LogP contribution in [0.25, 0.3) is 22.4 Å². The molecule has 0 fully saturated rings. The van der Waals surface area contributed by atoms with Crippen LogP contribution < -0.4 is 16.6 Å². The molecule has 0 bridgehead atoms. The van der Waals surface area contributed by atoms with E-state index >= 15 is 0 Å². The van der Waals surface area contributed by atoms with Gasteiger partial charge in [-0.15, -0.1) is 0 Å². The fourth-order valence-electron chi connectivity index (χ4n) is 3.74. The normalized spacial score (nSPS) is 12.8. The van der Waals surface area contributed by atoms with Crippen molar-refractivity contribution >= 4 is 5.95 Å². The van der Waals surface area contributed by atoms with Crippen LogP contribution >= 0.6 is 0 Å². The second kappa shape index (κ2) is 9.75.